The van der Waals surface area contributed by atoms with Gasteiger partial charge in [0.1, 0.15) is 0 Å². The normalized spacial score (nSPS) is 8.00. The van der Waals surface area contributed by atoms with E-state index in [2.05, 4.69) is 42.0 Å². The summed E-state index contributed by atoms with van der Waals surface area (Å²) in [5.41, 5.74) is 0. The van der Waals surface area contributed by atoms with Crippen molar-refractivity contribution in [1.82, 2.24) is 9.97 Å². The Kier molecular flexibility index (Phi) is 18.5. The molecule has 4 rings (SSSR count). The molecule has 134 valence electrons. The van der Waals surface area contributed by atoms with E-state index in [-0.39, 0.29) is 27.3 Å². The Labute approximate surface area is 198 Å². The van der Waals surface area contributed by atoms with Crippen molar-refractivity contribution in [3.63, 3.8) is 0 Å². The summed E-state index contributed by atoms with van der Waals surface area (Å²) in [6.45, 7) is 0. The molecule has 0 aliphatic heterocycles. The van der Waals surface area contributed by atoms with Crippen LogP contribution < -0.4 is 8.92 Å². The van der Waals surface area contributed by atoms with Crippen molar-refractivity contribution < 1.29 is 0 Å². The summed E-state index contributed by atoms with van der Waals surface area (Å²) in [7, 11) is 0. The van der Waals surface area contributed by atoms with Crippen molar-refractivity contribution in [2.75, 3.05) is 0 Å². The maximum absolute atomic E-state index is 3.78. The van der Waals surface area contributed by atoms with Crippen LogP contribution >= 0.6 is 0 Å². The second kappa shape index (κ2) is 19.5. The van der Waals surface area contributed by atoms with E-state index in [1.165, 1.54) is 8.92 Å². The summed E-state index contributed by atoms with van der Waals surface area (Å²) in [5, 5.41) is 0. The molecule has 27 heavy (non-hydrogen) atoms. The van der Waals surface area contributed by atoms with Gasteiger partial charge in [0.25, 0.3) is 0 Å². The Morgan fingerprint density at radius 3 is 0.778 bits per heavy atom. The maximum Gasteiger partial charge on any atom is 0.0267 e. The first-order valence-electron chi connectivity index (χ1n) is 7.93. The summed E-state index contributed by atoms with van der Waals surface area (Å²) in [6.07, 6.45) is 7.00. The van der Waals surface area contributed by atoms with Gasteiger partial charge in [-0.1, -0.05) is 12.1 Å². The topological polar surface area (TPSA) is 25.8 Å². The maximum atomic E-state index is 3.78. The zero-order valence-corrected chi connectivity index (χ0v) is 22.1. The van der Waals surface area contributed by atoms with Gasteiger partial charge in [0.15, 0.2) is 0 Å². The molecule has 2 heterocycles. The minimum atomic E-state index is 0. The van der Waals surface area contributed by atoms with Crippen LogP contribution in [0, 0.1) is 0 Å². The van der Waals surface area contributed by atoms with Gasteiger partial charge in [-0.2, -0.15) is 0 Å². The van der Waals surface area contributed by atoms with Crippen molar-refractivity contribution >= 4 is 68.2 Å². The first-order valence-corrected chi connectivity index (χ1v) is 9.64. The van der Waals surface area contributed by atoms with E-state index in [1.807, 2.05) is 97.1 Å². The van der Waals surface area contributed by atoms with Gasteiger partial charge < -0.3 is 0 Å². The van der Waals surface area contributed by atoms with Crippen molar-refractivity contribution in [1.29, 1.82) is 0 Å². The van der Waals surface area contributed by atoms with E-state index >= 15 is 0 Å². The van der Waals surface area contributed by atoms with Crippen molar-refractivity contribution in [2.24, 2.45) is 0 Å². The van der Waals surface area contributed by atoms with Gasteiger partial charge >= 0.3 is 129 Å². The first kappa shape index (κ1) is 25.7. The predicted molar refractivity (Wildman–Crippen MR) is 118 cm³/mol. The molecule has 0 amide bonds. The summed E-state index contributed by atoms with van der Waals surface area (Å²) in [4.78, 5) is 7.57. The van der Waals surface area contributed by atoms with Crippen LogP contribution in [0.3, 0.4) is 0 Å². The second-order valence-electron chi connectivity index (χ2n) is 4.68. The molecule has 0 fully saturated rings. The Bertz CT molecular complexity index is 636. The molecule has 0 N–H and O–H groups in total. The van der Waals surface area contributed by atoms with E-state index in [4.69, 9.17) is 0 Å². The molecular weight excluding hydrogens is 657 g/mol. The SMILES string of the molecule is [Pb+2].[Se-]c1ccccc1.[Se-]c1ccccc1.c1ccncc1.c1ccncc1. The van der Waals surface area contributed by atoms with E-state index in [1.54, 1.807) is 24.8 Å². The monoisotopic (exact) mass is 680 g/mol. The molecule has 0 unspecified atom stereocenters. The van der Waals surface area contributed by atoms with Crippen LogP contribution in [0.1, 0.15) is 0 Å². The van der Waals surface area contributed by atoms with Gasteiger partial charge in [0, 0.05) is 24.8 Å². The number of aromatic nitrogens is 2. The number of hydrogen-bond acceptors (Lipinski definition) is 2. The van der Waals surface area contributed by atoms with Gasteiger partial charge in [-0.3, -0.25) is 9.97 Å². The number of hydrogen-bond donors (Lipinski definition) is 0. The van der Waals surface area contributed by atoms with Crippen LogP contribution in [0.5, 0.6) is 0 Å². The Morgan fingerprint density at radius 1 is 0.407 bits per heavy atom. The van der Waals surface area contributed by atoms with Crippen LogP contribution in [-0.4, -0.2) is 69.3 Å². The number of rotatable bonds is 0. The molecule has 0 saturated heterocycles. The third-order valence-corrected chi connectivity index (χ3v) is 3.76. The number of benzene rings is 2. The fourth-order valence-electron chi connectivity index (χ4n) is 1.47. The van der Waals surface area contributed by atoms with E-state index in [0.717, 1.165) is 0 Å². The molecule has 2 aromatic heterocycles. The molecule has 2 nitrogen and oxygen atoms in total. The number of nitrogens with zero attached hydrogens (tertiary/aromatic N) is 2. The van der Waals surface area contributed by atoms with Crippen LogP contribution in [0.15, 0.2) is 122 Å². The van der Waals surface area contributed by atoms with Gasteiger partial charge in [-0.25, -0.2) is 0 Å². The predicted octanol–water partition coefficient (Wildman–Crippen LogP) is 2.74. The molecule has 5 heteroatoms. The van der Waals surface area contributed by atoms with E-state index in [9.17, 15) is 0 Å². The van der Waals surface area contributed by atoms with Crippen molar-refractivity contribution in [2.45, 2.75) is 0 Å². The van der Waals surface area contributed by atoms with Crippen molar-refractivity contribution in [3.05, 3.63) is 122 Å². The molecule has 0 spiro atoms. The molecule has 0 bridgehead atoms. The molecule has 4 aromatic rings. The van der Waals surface area contributed by atoms with Gasteiger partial charge in [0.2, 0.25) is 0 Å². The third-order valence-electron chi connectivity index (χ3n) is 2.62. The van der Waals surface area contributed by atoms with Crippen LogP contribution in [-0.2, 0) is 0 Å². The molecule has 2 radical (unpaired) electrons. The van der Waals surface area contributed by atoms with Crippen LogP contribution in [0.2, 0.25) is 0 Å². The fourth-order valence-corrected chi connectivity index (χ4v) is 2.13. The van der Waals surface area contributed by atoms with Crippen molar-refractivity contribution in [3.8, 4) is 0 Å². The summed E-state index contributed by atoms with van der Waals surface area (Å²) < 4.78 is 2.39. The van der Waals surface area contributed by atoms with E-state index in [0.29, 0.717) is 0 Å². The van der Waals surface area contributed by atoms with Gasteiger partial charge in [0.05, 0.1) is 0 Å². The average molecular weight is 678 g/mol. The summed E-state index contributed by atoms with van der Waals surface area (Å²) >= 11 is 5.80. The zero-order chi connectivity index (χ0) is 18.7. The Hall–Kier alpha value is -1.30. The molecule has 0 saturated carbocycles. The second-order valence-corrected chi connectivity index (χ2v) is 6.65. The molecule has 0 aliphatic rings. The molecular formula is C22H20N2PbSe2. The molecule has 0 aliphatic carbocycles. The van der Waals surface area contributed by atoms with Gasteiger partial charge in [-0.15, -0.1) is 0 Å². The standard InChI is InChI=1S/2C6H6Se.2C5H5N.Pb/c2*7-6-4-2-1-3-5-6;2*1-2-4-6-5-3-1;/h2*1-5,7H;2*1-5H;/q;;;;+2/p-2. The van der Waals surface area contributed by atoms with Crippen LogP contribution in [0.25, 0.3) is 0 Å². The number of pyridine rings is 2. The summed E-state index contributed by atoms with van der Waals surface area (Å²) in [5.74, 6) is 0. The third kappa shape index (κ3) is 17.9. The molecule has 0 atom stereocenters. The largest absolute Gasteiger partial charge is 0.265 e. The minimum absolute atomic E-state index is 0. The fraction of sp³-hybridized carbons (Fsp3) is 0. The van der Waals surface area contributed by atoms with Crippen LogP contribution in [0.4, 0.5) is 0 Å². The van der Waals surface area contributed by atoms with Gasteiger partial charge in [-0.05, 0) is 24.3 Å². The molecule has 2 aromatic carbocycles. The minimum Gasteiger partial charge on any atom is -0.265 e. The quantitative estimate of drug-likeness (QED) is 0.268. The Balaban J connectivity index is 0.000000331. The first-order chi connectivity index (χ1) is 12.8. The smallest absolute Gasteiger partial charge is 0.0267 e. The van der Waals surface area contributed by atoms with E-state index < -0.39 is 0 Å². The average Bonchev–Trinajstić information content (AvgIpc) is 2.73. The summed E-state index contributed by atoms with van der Waals surface area (Å²) in [6, 6.07) is 31.6. The Morgan fingerprint density at radius 2 is 0.667 bits per heavy atom. The zero-order valence-electron chi connectivity index (χ0n) is 14.8.